The summed E-state index contributed by atoms with van der Waals surface area (Å²) in [7, 11) is 0. The molecule has 4 aromatic rings. The average molecular weight is 469 g/mol. The summed E-state index contributed by atoms with van der Waals surface area (Å²) in [6.45, 7) is 6.74. The second kappa shape index (κ2) is 9.91. The Hall–Kier alpha value is -3.59. The molecule has 0 aliphatic carbocycles. The SMILES string of the molecule is CCOC(=O)Cn1c(=NC(=O)c2cc3cccc(OCC)c3o2)sc2cc(OCC)ccc21. The average Bonchev–Trinajstić information content (AvgIpc) is 3.37. The number of furan rings is 1. The zero-order valence-corrected chi connectivity index (χ0v) is 19.4. The molecule has 0 aliphatic rings. The van der Waals surface area contributed by atoms with E-state index >= 15 is 0 Å². The first-order chi connectivity index (χ1) is 16.0. The number of rotatable bonds is 8. The van der Waals surface area contributed by atoms with E-state index in [4.69, 9.17) is 18.6 Å². The molecule has 2 heterocycles. The Kier molecular flexibility index (Phi) is 6.79. The van der Waals surface area contributed by atoms with Crippen LogP contribution in [0.1, 0.15) is 31.3 Å². The number of carbonyl (C=O) groups excluding carboxylic acids is 2. The van der Waals surface area contributed by atoms with Gasteiger partial charge in [0.25, 0.3) is 0 Å². The van der Waals surface area contributed by atoms with Crippen molar-refractivity contribution in [3.8, 4) is 11.5 Å². The van der Waals surface area contributed by atoms with Crippen molar-refractivity contribution < 1.29 is 28.2 Å². The van der Waals surface area contributed by atoms with Crippen LogP contribution in [0.3, 0.4) is 0 Å². The lowest BCUT2D eigenvalue weighted by molar-refractivity contribution is -0.143. The van der Waals surface area contributed by atoms with Crippen LogP contribution >= 0.6 is 11.3 Å². The Bertz CT molecular complexity index is 1380. The molecular formula is C24H24N2O6S. The number of hydrogen-bond acceptors (Lipinski definition) is 7. The minimum Gasteiger partial charge on any atom is -0.494 e. The molecule has 8 nitrogen and oxygen atoms in total. The maximum Gasteiger partial charge on any atom is 0.326 e. The van der Waals surface area contributed by atoms with Gasteiger partial charge < -0.3 is 23.2 Å². The van der Waals surface area contributed by atoms with Crippen molar-refractivity contribution in [2.75, 3.05) is 19.8 Å². The predicted molar refractivity (Wildman–Crippen MR) is 125 cm³/mol. The largest absolute Gasteiger partial charge is 0.494 e. The van der Waals surface area contributed by atoms with Crippen LogP contribution in [0.2, 0.25) is 0 Å². The zero-order chi connectivity index (χ0) is 23.4. The molecule has 9 heteroatoms. The summed E-state index contributed by atoms with van der Waals surface area (Å²) in [4.78, 5) is 29.9. The summed E-state index contributed by atoms with van der Waals surface area (Å²) in [5, 5.41) is 0.747. The molecule has 172 valence electrons. The molecule has 0 bridgehead atoms. The smallest absolute Gasteiger partial charge is 0.326 e. The number of ether oxygens (including phenoxy) is 3. The van der Waals surface area contributed by atoms with Crippen molar-refractivity contribution >= 4 is 44.4 Å². The standard InChI is InChI=1S/C24H24N2O6S/c1-4-29-16-10-11-17-20(13-16)33-24(26(17)14-21(27)31-6-3)25-23(28)19-12-15-8-7-9-18(30-5-2)22(15)32-19/h7-13H,4-6,14H2,1-3H3. The highest BCUT2D eigenvalue weighted by atomic mass is 32.1. The van der Waals surface area contributed by atoms with Crippen LogP contribution in [0.5, 0.6) is 11.5 Å². The number of fused-ring (bicyclic) bond motifs is 2. The lowest BCUT2D eigenvalue weighted by Crippen LogP contribution is -2.23. The summed E-state index contributed by atoms with van der Waals surface area (Å²) in [5.74, 6) is 0.394. The number of carbonyl (C=O) groups is 2. The summed E-state index contributed by atoms with van der Waals surface area (Å²) >= 11 is 1.29. The molecule has 0 atom stereocenters. The van der Waals surface area contributed by atoms with Crippen LogP contribution in [0, 0.1) is 0 Å². The van der Waals surface area contributed by atoms with Gasteiger partial charge in [0.1, 0.15) is 12.3 Å². The highest BCUT2D eigenvalue weighted by molar-refractivity contribution is 7.16. The molecule has 2 aromatic heterocycles. The highest BCUT2D eigenvalue weighted by Gasteiger charge is 2.17. The molecule has 2 aromatic carbocycles. The first kappa shape index (κ1) is 22.6. The number of para-hydroxylation sites is 1. The van der Waals surface area contributed by atoms with Crippen LogP contribution < -0.4 is 14.3 Å². The van der Waals surface area contributed by atoms with Crippen LogP contribution in [0.25, 0.3) is 21.2 Å². The van der Waals surface area contributed by atoms with Crippen molar-refractivity contribution in [1.82, 2.24) is 4.57 Å². The minimum absolute atomic E-state index is 0.0669. The van der Waals surface area contributed by atoms with Gasteiger partial charge in [0.15, 0.2) is 21.9 Å². The van der Waals surface area contributed by atoms with Gasteiger partial charge in [-0.25, -0.2) is 0 Å². The number of benzene rings is 2. The third-order valence-corrected chi connectivity index (χ3v) is 5.81. The Balaban J connectivity index is 1.79. The fourth-order valence-corrected chi connectivity index (χ4v) is 4.49. The molecule has 0 aliphatic heterocycles. The Labute approximate surface area is 194 Å². The lowest BCUT2D eigenvalue weighted by atomic mass is 10.2. The molecular weight excluding hydrogens is 444 g/mol. The summed E-state index contributed by atoms with van der Waals surface area (Å²) in [6.07, 6.45) is 0. The first-order valence-electron chi connectivity index (χ1n) is 10.7. The Morgan fingerprint density at radius 1 is 1.03 bits per heavy atom. The predicted octanol–water partition coefficient (Wildman–Crippen LogP) is 4.55. The zero-order valence-electron chi connectivity index (χ0n) is 18.6. The van der Waals surface area contributed by atoms with Crippen molar-refractivity contribution in [1.29, 1.82) is 0 Å². The molecule has 33 heavy (non-hydrogen) atoms. The molecule has 0 saturated carbocycles. The van der Waals surface area contributed by atoms with Gasteiger partial charge in [-0.2, -0.15) is 4.99 Å². The van der Waals surface area contributed by atoms with Gasteiger partial charge in [-0.05, 0) is 51.1 Å². The van der Waals surface area contributed by atoms with Crippen molar-refractivity contribution in [3.05, 3.63) is 53.0 Å². The van der Waals surface area contributed by atoms with Crippen LogP contribution in [0.4, 0.5) is 0 Å². The number of thiazole rings is 1. The maximum atomic E-state index is 13.0. The minimum atomic E-state index is -0.553. The second-order valence-corrected chi connectivity index (χ2v) is 7.98. The van der Waals surface area contributed by atoms with Crippen LogP contribution in [-0.2, 0) is 16.1 Å². The Morgan fingerprint density at radius 2 is 1.85 bits per heavy atom. The van der Waals surface area contributed by atoms with E-state index < -0.39 is 11.9 Å². The van der Waals surface area contributed by atoms with E-state index in [1.54, 1.807) is 23.6 Å². The van der Waals surface area contributed by atoms with Crippen molar-refractivity contribution in [3.63, 3.8) is 0 Å². The quantitative estimate of drug-likeness (QED) is 0.352. The molecule has 0 fully saturated rings. The maximum absolute atomic E-state index is 13.0. The van der Waals surface area contributed by atoms with E-state index in [1.807, 2.05) is 44.2 Å². The molecule has 1 amide bonds. The van der Waals surface area contributed by atoms with E-state index in [1.165, 1.54) is 11.3 Å². The number of aromatic nitrogens is 1. The van der Waals surface area contributed by atoms with Gasteiger partial charge in [-0.1, -0.05) is 23.5 Å². The lowest BCUT2D eigenvalue weighted by Gasteiger charge is -2.06. The van der Waals surface area contributed by atoms with Gasteiger partial charge in [-0.3, -0.25) is 9.59 Å². The van der Waals surface area contributed by atoms with E-state index in [2.05, 4.69) is 4.99 Å². The number of amides is 1. The molecule has 0 spiro atoms. The molecule has 4 rings (SSSR count). The fraction of sp³-hybridized carbons (Fsp3) is 0.292. The number of esters is 1. The topological polar surface area (TPSA) is 92.3 Å². The molecule has 0 radical (unpaired) electrons. The number of nitrogens with zero attached hydrogens (tertiary/aromatic N) is 2. The molecule has 0 N–H and O–H groups in total. The number of hydrogen-bond donors (Lipinski definition) is 0. The molecule has 0 saturated heterocycles. The van der Waals surface area contributed by atoms with Gasteiger partial charge in [0, 0.05) is 5.39 Å². The first-order valence-corrected chi connectivity index (χ1v) is 11.5. The van der Waals surface area contributed by atoms with Crippen LogP contribution in [0.15, 0.2) is 51.9 Å². The fourth-order valence-electron chi connectivity index (χ4n) is 3.44. The van der Waals surface area contributed by atoms with Gasteiger partial charge in [0.2, 0.25) is 0 Å². The normalized spacial score (nSPS) is 11.8. The van der Waals surface area contributed by atoms with Gasteiger partial charge in [0.05, 0.1) is 30.0 Å². The molecule has 0 unspecified atom stereocenters. The summed E-state index contributed by atoms with van der Waals surface area (Å²) < 4.78 is 24.6. The van der Waals surface area contributed by atoms with Crippen LogP contribution in [-0.4, -0.2) is 36.3 Å². The summed E-state index contributed by atoms with van der Waals surface area (Å²) in [5.41, 5.74) is 1.25. The van der Waals surface area contributed by atoms with Crippen molar-refractivity contribution in [2.24, 2.45) is 4.99 Å². The van der Waals surface area contributed by atoms with E-state index in [0.717, 1.165) is 15.6 Å². The monoisotopic (exact) mass is 468 g/mol. The summed E-state index contributed by atoms with van der Waals surface area (Å²) in [6, 6.07) is 12.6. The van der Waals surface area contributed by atoms with Crippen molar-refractivity contribution in [2.45, 2.75) is 27.3 Å². The highest BCUT2D eigenvalue weighted by Crippen LogP contribution is 2.29. The van der Waals surface area contributed by atoms with E-state index in [0.29, 0.717) is 35.1 Å². The van der Waals surface area contributed by atoms with Gasteiger partial charge in [-0.15, -0.1) is 0 Å². The van der Waals surface area contributed by atoms with E-state index in [9.17, 15) is 9.59 Å². The Morgan fingerprint density at radius 3 is 2.61 bits per heavy atom. The third kappa shape index (κ3) is 4.78. The second-order valence-electron chi connectivity index (χ2n) is 6.97. The van der Waals surface area contributed by atoms with E-state index in [-0.39, 0.29) is 18.9 Å². The third-order valence-electron chi connectivity index (χ3n) is 4.77. The van der Waals surface area contributed by atoms with Gasteiger partial charge >= 0.3 is 11.9 Å².